The van der Waals surface area contributed by atoms with Crippen molar-refractivity contribution in [2.75, 3.05) is 4.90 Å². The van der Waals surface area contributed by atoms with Crippen LogP contribution in [0.3, 0.4) is 0 Å². The Morgan fingerprint density at radius 3 is 1.53 bits per heavy atom. The van der Waals surface area contributed by atoms with Gasteiger partial charge >= 0.3 is 0 Å². The Labute approximate surface area is 317 Å². The van der Waals surface area contributed by atoms with E-state index in [4.69, 9.17) is 8.83 Å². The summed E-state index contributed by atoms with van der Waals surface area (Å²) in [6.45, 7) is 0. The van der Waals surface area contributed by atoms with Gasteiger partial charge in [0.25, 0.3) is 0 Å². The van der Waals surface area contributed by atoms with Gasteiger partial charge in [-0.3, -0.25) is 0 Å². The minimum absolute atomic E-state index is 0.859. The van der Waals surface area contributed by atoms with Crippen molar-refractivity contribution in [3.63, 3.8) is 0 Å². The van der Waals surface area contributed by atoms with E-state index in [1.807, 2.05) is 18.2 Å². The number of furan rings is 2. The van der Waals surface area contributed by atoms with Gasteiger partial charge in [0.1, 0.15) is 16.7 Å². The van der Waals surface area contributed by atoms with E-state index in [1.165, 1.54) is 16.7 Å². The van der Waals surface area contributed by atoms with Crippen LogP contribution in [0.25, 0.3) is 88.0 Å². The topological polar surface area (TPSA) is 29.5 Å². The zero-order valence-electron chi connectivity index (χ0n) is 29.8. The summed E-state index contributed by atoms with van der Waals surface area (Å²) in [5.41, 5.74) is 13.5. The van der Waals surface area contributed by atoms with Crippen molar-refractivity contribution in [3.8, 4) is 33.4 Å². The number of hydrogen-bond donors (Lipinski definition) is 0. The zero-order valence-corrected chi connectivity index (χ0v) is 29.8. The molecule has 2 aromatic heterocycles. The summed E-state index contributed by atoms with van der Waals surface area (Å²) in [4.78, 5) is 2.30. The molecule has 0 fully saturated rings. The monoisotopic (exact) mass is 703 g/mol. The first-order valence-corrected chi connectivity index (χ1v) is 18.7. The molecule has 0 amide bonds. The molecule has 258 valence electrons. The Morgan fingerprint density at radius 2 is 0.800 bits per heavy atom. The first-order chi connectivity index (χ1) is 27.3. The van der Waals surface area contributed by atoms with Crippen LogP contribution in [0.15, 0.2) is 209 Å². The molecule has 11 aromatic rings. The summed E-state index contributed by atoms with van der Waals surface area (Å²) in [6.07, 6.45) is 0. The second kappa shape index (κ2) is 12.6. The van der Waals surface area contributed by atoms with E-state index in [1.54, 1.807) is 0 Å². The molecule has 0 saturated heterocycles. The molecule has 0 saturated carbocycles. The van der Waals surface area contributed by atoms with E-state index in [9.17, 15) is 0 Å². The number of nitrogens with zero attached hydrogens (tertiary/aromatic N) is 1. The fraction of sp³-hybridized carbons (Fsp3) is 0. The summed E-state index contributed by atoms with van der Waals surface area (Å²) in [6, 6.07) is 70.8. The molecule has 0 atom stereocenters. The largest absolute Gasteiger partial charge is 0.455 e. The SMILES string of the molecule is c1ccc(-c2ccc(N(c3ccc(-c4cc5c6cccc(-c7ccccc7)c6oc5c5ccccc45)cc3)c3cccc4c3oc3ccccc34)cc2)cc1. The average Bonchev–Trinajstić information content (AvgIpc) is 3.84. The highest BCUT2D eigenvalue weighted by atomic mass is 16.3. The Hall–Kier alpha value is -7.36. The lowest BCUT2D eigenvalue weighted by molar-refractivity contribution is 0.669. The number of benzene rings is 9. The summed E-state index contributed by atoms with van der Waals surface area (Å²) in [7, 11) is 0. The number of rotatable bonds is 6. The molecule has 3 nitrogen and oxygen atoms in total. The van der Waals surface area contributed by atoms with E-state index in [0.717, 1.165) is 88.4 Å². The summed E-state index contributed by atoms with van der Waals surface area (Å²) in [5.74, 6) is 0. The van der Waals surface area contributed by atoms with Gasteiger partial charge < -0.3 is 13.7 Å². The maximum Gasteiger partial charge on any atom is 0.159 e. The van der Waals surface area contributed by atoms with Crippen molar-refractivity contribution >= 4 is 71.7 Å². The van der Waals surface area contributed by atoms with E-state index >= 15 is 0 Å². The fourth-order valence-corrected chi connectivity index (χ4v) is 8.26. The van der Waals surface area contributed by atoms with Gasteiger partial charge in [0.2, 0.25) is 0 Å². The van der Waals surface area contributed by atoms with Gasteiger partial charge in [0.05, 0.1) is 5.69 Å². The lowest BCUT2D eigenvalue weighted by Crippen LogP contribution is -2.10. The third-order valence-corrected chi connectivity index (χ3v) is 10.9. The van der Waals surface area contributed by atoms with Crippen molar-refractivity contribution in [2.45, 2.75) is 0 Å². The predicted octanol–water partition coefficient (Wildman–Crippen LogP) is 15.1. The molecule has 3 heteroatoms. The van der Waals surface area contributed by atoms with Gasteiger partial charge in [-0.1, -0.05) is 158 Å². The van der Waals surface area contributed by atoms with E-state index in [0.29, 0.717) is 0 Å². The second-order valence-corrected chi connectivity index (χ2v) is 14.0. The van der Waals surface area contributed by atoms with Crippen molar-refractivity contribution < 1.29 is 8.83 Å². The van der Waals surface area contributed by atoms with Gasteiger partial charge in [0, 0.05) is 43.9 Å². The maximum absolute atomic E-state index is 6.77. The van der Waals surface area contributed by atoms with Crippen molar-refractivity contribution in [1.82, 2.24) is 0 Å². The molecular formula is C52H33NO2. The number of para-hydroxylation sites is 3. The van der Waals surface area contributed by atoms with Crippen molar-refractivity contribution in [2.24, 2.45) is 0 Å². The molecular weight excluding hydrogens is 671 g/mol. The maximum atomic E-state index is 6.77. The highest BCUT2D eigenvalue weighted by molar-refractivity contribution is 6.20. The highest BCUT2D eigenvalue weighted by Gasteiger charge is 2.21. The van der Waals surface area contributed by atoms with Gasteiger partial charge in [-0.15, -0.1) is 0 Å². The van der Waals surface area contributed by atoms with Gasteiger partial charge in [-0.05, 0) is 75.7 Å². The van der Waals surface area contributed by atoms with Crippen LogP contribution in [-0.2, 0) is 0 Å². The smallest absolute Gasteiger partial charge is 0.159 e. The molecule has 0 bridgehead atoms. The second-order valence-electron chi connectivity index (χ2n) is 14.0. The standard InChI is InChI=1S/C52H33NO2/c1-3-13-34(14-4-1)35-25-29-38(30-26-35)53(48-23-12-22-44-42-18-9-10-24-49(42)54-52(44)48)39-31-27-37(28-32-39)46-33-47-45-21-11-20-40(36-15-5-2-6-16-36)50(45)55-51(47)43-19-8-7-17-41(43)46/h1-33H. The fourth-order valence-electron chi connectivity index (χ4n) is 8.26. The zero-order chi connectivity index (χ0) is 36.3. The lowest BCUT2D eigenvalue weighted by Gasteiger charge is -2.26. The molecule has 0 spiro atoms. The quantitative estimate of drug-likeness (QED) is 0.173. The number of fused-ring (bicyclic) bond motifs is 8. The Kier molecular flexibility index (Phi) is 7.17. The predicted molar refractivity (Wildman–Crippen MR) is 229 cm³/mol. The normalized spacial score (nSPS) is 11.6. The third-order valence-electron chi connectivity index (χ3n) is 10.9. The molecule has 11 rings (SSSR count). The van der Waals surface area contributed by atoms with Gasteiger partial charge in [-0.2, -0.15) is 0 Å². The van der Waals surface area contributed by atoms with Crippen LogP contribution in [0, 0.1) is 0 Å². The molecule has 0 unspecified atom stereocenters. The van der Waals surface area contributed by atoms with E-state index < -0.39 is 0 Å². The molecule has 55 heavy (non-hydrogen) atoms. The molecule has 0 aliphatic heterocycles. The summed E-state index contributed by atoms with van der Waals surface area (Å²) >= 11 is 0. The Morgan fingerprint density at radius 1 is 0.291 bits per heavy atom. The molecule has 2 heterocycles. The summed E-state index contributed by atoms with van der Waals surface area (Å²) < 4.78 is 13.4. The number of hydrogen-bond acceptors (Lipinski definition) is 3. The van der Waals surface area contributed by atoms with Crippen molar-refractivity contribution in [3.05, 3.63) is 200 Å². The van der Waals surface area contributed by atoms with Crippen LogP contribution < -0.4 is 4.90 Å². The Balaban J connectivity index is 1.07. The highest BCUT2D eigenvalue weighted by Crippen LogP contribution is 2.45. The Bertz CT molecular complexity index is 3180. The minimum atomic E-state index is 0.859. The number of anilines is 3. The molecule has 0 radical (unpaired) electrons. The molecule has 0 aliphatic carbocycles. The molecule has 0 N–H and O–H groups in total. The van der Waals surface area contributed by atoms with Gasteiger partial charge in [-0.25, -0.2) is 0 Å². The van der Waals surface area contributed by atoms with E-state index in [-0.39, 0.29) is 0 Å². The first kappa shape index (κ1) is 31.2. The van der Waals surface area contributed by atoms with Crippen LogP contribution in [0.2, 0.25) is 0 Å². The molecule has 9 aromatic carbocycles. The first-order valence-electron chi connectivity index (χ1n) is 18.7. The van der Waals surface area contributed by atoms with Crippen LogP contribution in [-0.4, -0.2) is 0 Å². The van der Waals surface area contributed by atoms with Crippen LogP contribution >= 0.6 is 0 Å². The third kappa shape index (κ3) is 5.13. The summed E-state index contributed by atoms with van der Waals surface area (Å²) in [5, 5.41) is 6.69. The van der Waals surface area contributed by atoms with Crippen LogP contribution in [0.5, 0.6) is 0 Å². The van der Waals surface area contributed by atoms with Crippen molar-refractivity contribution in [1.29, 1.82) is 0 Å². The lowest BCUT2D eigenvalue weighted by atomic mass is 9.94. The van der Waals surface area contributed by atoms with Crippen LogP contribution in [0.4, 0.5) is 17.1 Å². The van der Waals surface area contributed by atoms with Crippen LogP contribution in [0.1, 0.15) is 0 Å². The minimum Gasteiger partial charge on any atom is -0.455 e. The molecule has 0 aliphatic rings. The van der Waals surface area contributed by atoms with E-state index in [2.05, 4.69) is 187 Å². The van der Waals surface area contributed by atoms with Gasteiger partial charge in [0.15, 0.2) is 5.58 Å². The average molecular weight is 704 g/mol.